The van der Waals surface area contributed by atoms with Crippen molar-refractivity contribution in [1.82, 2.24) is 19.7 Å². The second-order valence-corrected chi connectivity index (χ2v) is 16.2. The van der Waals surface area contributed by atoms with Crippen LogP contribution >= 0.6 is 0 Å². The highest BCUT2D eigenvalue weighted by molar-refractivity contribution is 5.87. The zero-order valence-corrected chi connectivity index (χ0v) is 33.5. The average molecular weight is 763 g/mol. The van der Waals surface area contributed by atoms with Crippen molar-refractivity contribution in [2.75, 3.05) is 20.1 Å². The number of carbonyl (C=O) groups is 4. The lowest BCUT2D eigenvalue weighted by molar-refractivity contribution is -0.138. The van der Waals surface area contributed by atoms with Crippen LogP contribution in [0.5, 0.6) is 0 Å². The van der Waals surface area contributed by atoms with Gasteiger partial charge in [0.2, 0.25) is 5.91 Å². The molecule has 5 aromatic rings. The smallest absolute Gasteiger partial charge is 0.411 e. The number of para-hydroxylation sites is 1. The lowest BCUT2D eigenvalue weighted by atomic mass is 9.99. The minimum absolute atomic E-state index is 0.141. The van der Waals surface area contributed by atoms with Crippen molar-refractivity contribution in [1.29, 1.82) is 0 Å². The second kappa shape index (κ2) is 17.7. The average Bonchev–Trinajstić information content (AvgIpc) is 3.53. The number of hydrogen-bond acceptors (Lipinski definition) is 6. The van der Waals surface area contributed by atoms with Crippen molar-refractivity contribution in [3.8, 4) is 0 Å². The number of carbonyl (C=O) groups excluding carboxylic acids is 3. The van der Waals surface area contributed by atoms with E-state index in [0.717, 1.165) is 38.4 Å². The normalized spacial score (nSPS) is 12.8. The molecular formula is C45H54N4O7. The number of benzene rings is 4. The molecule has 0 aliphatic heterocycles. The van der Waals surface area contributed by atoms with Crippen LogP contribution in [0.25, 0.3) is 21.7 Å². The molecule has 11 heteroatoms. The van der Waals surface area contributed by atoms with Gasteiger partial charge in [-0.3, -0.25) is 14.5 Å². The van der Waals surface area contributed by atoms with Crippen LogP contribution in [0, 0.1) is 0 Å². The Labute approximate surface area is 329 Å². The Morgan fingerprint density at radius 1 is 0.696 bits per heavy atom. The van der Waals surface area contributed by atoms with Gasteiger partial charge in [-0.25, -0.2) is 9.59 Å². The van der Waals surface area contributed by atoms with Gasteiger partial charge in [-0.2, -0.15) is 0 Å². The number of aromatic amines is 1. The van der Waals surface area contributed by atoms with E-state index in [1.165, 1.54) is 9.80 Å². The van der Waals surface area contributed by atoms with Crippen molar-refractivity contribution >= 4 is 45.7 Å². The SMILES string of the molecule is CN(Cc1ccccc1)C(=O)C(Cc1ccc2ccccc2c1)N(CCN(C(=O)OC(C)(C)C)C(CC(=O)O)Cc1c[nH]c2ccccc12)C(=O)OC(C)(C)C. The lowest BCUT2D eigenvalue weighted by Gasteiger charge is -2.38. The standard InChI is InChI=1S/C45H54N4O7/c1-44(2,3)55-42(53)48(36(28-40(50)51)27-35-29-46-38-20-14-13-19-37(35)38)23-24-49(43(54)56-45(4,5)6)39(41(52)47(7)30-31-15-9-8-10-16-31)26-32-21-22-33-17-11-12-18-34(33)25-32/h8-22,25,29,36,39,46H,23-24,26-28,30H2,1-7H3,(H,50,51). The summed E-state index contributed by atoms with van der Waals surface area (Å²) in [6.07, 6.45) is 0.320. The van der Waals surface area contributed by atoms with E-state index in [0.29, 0.717) is 6.54 Å². The van der Waals surface area contributed by atoms with Gasteiger partial charge in [0.25, 0.3) is 0 Å². The van der Waals surface area contributed by atoms with Gasteiger partial charge >= 0.3 is 18.2 Å². The molecule has 2 unspecified atom stereocenters. The molecule has 296 valence electrons. The van der Waals surface area contributed by atoms with Crippen LogP contribution in [0.1, 0.15) is 64.7 Å². The highest BCUT2D eigenvalue weighted by Crippen LogP contribution is 2.25. The maximum Gasteiger partial charge on any atom is 0.411 e. The van der Waals surface area contributed by atoms with Gasteiger partial charge in [0, 0.05) is 56.2 Å². The van der Waals surface area contributed by atoms with E-state index in [2.05, 4.69) is 4.98 Å². The van der Waals surface area contributed by atoms with Crippen LogP contribution in [0.4, 0.5) is 9.59 Å². The van der Waals surface area contributed by atoms with Gasteiger partial charge in [-0.05, 0) is 81.5 Å². The number of H-pyrrole nitrogens is 1. The molecule has 0 saturated heterocycles. The van der Waals surface area contributed by atoms with Crippen LogP contribution in [0.15, 0.2) is 103 Å². The zero-order chi connectivity index (χ0) is 40.6. The summed E-state index contributed by atoms with van der Waals surface area (Å²) in [4.78, 5) is 63.2. The molecule has 0 saturated carbocycles. The minimum Gasteiger partial charge on any atom is -0.481 e. The third-order valence-electron chi connectivity index (χ3n) is 9.36. The summed E-state index contributed by atoms with van der Waals surface area (Å²) in [6.45, 7) is 10.5. The molecule has 11 nitrogen and oxygen atoms in total. The number of nitrogens with zero attached hydrogens (tertiary/aromatic N) is 3. The molecule has 2 atom stereocenters. The number of likely N-dealkylation sites (N-methyl/N-ethyl adjacent to an activating group) is 1. The third kappa shape index (κ3) is 11.3. The number of hydrogen-bond donors (Lipinski definition) is 2. The molecule has 5 rings (SSSR count). The van der Waals surface area contributed by atoms with Crippen molar-refractivity contribution in [2.45, 2.75) is 90.6 Å². The van der Waals surface area contributed by atoms with Crippen molar-refractivity contribution in [3.05, 3.63) is 120 Å². The van der Waals surface area contributed by atoms with Crippen LogP contribution in [-0.4, -0.2) is 92.3 Å². The van der Waals surface area contributed by atoms with E-state index in [1.807, 2.05) is 103 Å². The molecule has 1 aromatic heterocycles. The largest absolute Gasteiger partial charge is 0.481 e. The minimum atomic E-state index is -1.10. The van der Waals surface area contributed by atoms with Gasteiger partial charge in [-0.15, -0.1) is 0 Å². The summed E-state index contributed by atoms with van der Waals surface area (Å²) in [7, 11) is 1.70. The van der Waals surface area contributed by atoms with Gasteiger partial charge in [0.15, 0.2) is 0 Å². The van der Waals surface area contributed by atoms with Crippen LogP contribution in [0.2, 0.25) is 0 Å². The quantitative estimate of drug-likeness (QED) is 0.116. The fourth-order valence-corrected chi connectivity index (χ4v) is 6.81. The summed E-state index contributed by atoms with van der Waals surface area (Å²) < 4.78 is 11.8. The highest BCUT2D eigenvalue weighted by Gasteiger charge is 2.37. The Balaban J connectivity index is 1.56. The molecule has 0 fully saturated rings. The fourth-order valence-electron chi connectivity index (χ4n) is 6.81. The number of rotatable bonds is 14. The van der Waals surface area contributed by atoms with Crippen LogP contribution < -0.4 is 0 Å². The maximum absolute atomic E-state index is 14.7. The van der Waals surface area contributed by atoms with Crippen molar-refractivity contribution < 1.29 is 33.8 Å². The van der Waals surface area contributed by atoms with Crippen LogP contribution in [0.3, 0.4) is 0 Å². The first-order valence-electron chi connectivity index (χ1n) is 19.0. The van der Waals surface area contributed by atoms with Crippen LogP contribution in [-0.2, 0) is 38.4 Å². The molecule has 2 N–H and O–H groups in total. The molecule has 0 aliphatic carbocycles. The first kappa shape index (κ1) is 41.3. The van der Waals surface area contributed by atoms with E-state index in [9.17, 15) is 24.3 Å². The summed E-state index contributed by atoms with van der Waals surface area (Å²) in [5, 5.41) is 13.1. The second-order valence-electron chi connectivity index (χ2n) is 16.2. The Morgan fingerprint density at radius 3 is 1.95 bits per heavy atom. The molecule has 56 heavy (non-hydrogen) atoms. The molecular weight excluding hydrogens is 709 g/mol. The Morgan fingerprint density at radius 2 is 1.29 bits per heavy atom. The predicted molar refractivity (Wildman–Crippen MR) is 218 cm³/mol. The summed E-state index contributed by atoms with van der Waals surface area (Å²) >= 11 is 0. The van der Waals surface area contributed by atoms with Gasteiger partial charge < -0.3 is 29.4 Å². The number of ether oxygens (including phenoxy) is 2. The van der Waals surface area contributed by atoms with Crippen molar-refractivity contribution in [3.63, 3.8) is 0 Å². The van der Waals surface area contributed by atoms with E-state index in [-0.39, 0.29) is 38.3 Å². The van der Waals surface area contributed by atoms with Gasteiger partial charge in [-0.1, -0.05) is 91.0 Å². The molecule has 0 bridgehead atoms. The number of fused-ring (bicyclic) bond motifs is 2. The van der Waals surface area contributed by atoms with E-state index >= 15 is 0 Å². The molecule has 4 aromatic carbocycles. The number of nitrogens with one attached hydrogen (secondary N) is 1. The number of aromatic nitrogens is 1. The predicted octanol–water partition coefficient (Wildman–Crippen LogP) is 8.45. The molecule has 3 amide bonds. The Hall–Kier alpha value is -5.84. The first-order chi connectivity index (χ1) is 26.5. The molecule has 0 radical (unpaired) electrons. The van der Waals surface area contributed by atoms with Crippen molar-refractivity contribution in [2.24, 2.45) is 0 Å². The van der Waals surface area contributed by atoms with E-state index < -0.39 is 41.4 Å². The lowest BCUT2D eigenvalue weighted by Crippen LogP contribution is -2.55. The molecule has 1 heterocycles. The van der Waals surface area contributed by atoms with Gasteiger partial charge in [0.05, 0.1) is 6.42 Å². The first-order valence-corrected chi connectivity index (χ1v) is 19.0. The summed E-state index contributed by atoms with van der Waals surface area (Å²) in [5.74, 6) is -1.42. The maximum atomic E-state index is 14.7. The number of carboxylic acids is 1. The summed E-state index contributed by atoms with van der Waals surface area (Å²) in [6, 6.07) is 29.2. The van der Waals surface area contributed by atoms with E-state index in [4.69, 9.17) is 9.47 Å². The number of carboxylic acid groups (broad SMARTS) is 1. The monoisotopic (exact) mass is 762 g/mol. The Bertz CT molecular complexity index is 2130. The third-order valence-corrected chi connectivity index (χ3v) is 9.36. The van der Waals surface area contributed by atoms with E-state index in [1.54, 1.807) is 53.5 Å². The Kier molecular flexibility index (Phi) is 13.1. The number of aliphatic carboxylic acids is 1. The topological polar surface area (TPSA) is 132 Å². The fraction of sp³-hybridized carbons (Fsp3) is 0.378. The summed E-state index contributed by atoms with van der Waals surface area (Å²) in [5.41, 5.74) is 1.65. The van der Waals surface area contributed by atoms with Gasteiger partial charge in [0.1, 0.15) is 17.2 Å². The highest BCUT2D eigenvalue weighted by atomic mass is 16.6. The molecule has 0 spiro atoms. The molecule has 0 aliphatic rings. The number of amides is 3. The zero-order valence-electron chi connectivity index (χ0n) is 33.5.